The molecule has 0 saturated carbocycles. The summed E-state index contributed by atoms with van der Waals surface area (Å²) in [6.07, 6.45) is 6.10. The molecule has 2 N–H and O–H groups in total. The van der Waals surface area contributed by atoms with Crippen molar-refractivity contribution in [3.05, 3.63) is 0 Å². The Labute approximate surface area is 119 Å². The van der Waals surface area contributed by atoms with Gasteiger partial charge in [-0.2, -0.15) is 0 Å². The number of hydrogen-bond acceptors (Lipinski definition) is 3. The largest absolute Gasteiger partial charge is 0.396 e. The summed E-state index contributed by atoms with van der Waals surface area (Å²) < 4.78 is 0. The molecule has 0 aromatic heterocycles. The van der Waals surface area contributed by atoms with Gasteiger partial charge in [0.25, 0.3) is 0 Å². The van der Waals surface area contributed by atoms with Gasteiger partial charge >= 0.3 is 0 Å². The van der Waals surface area contributed by atoms with Gasteiger partial charge in [0.2, 0.25) is 0 Å². The van der Waals surface area contributed by atoms with Crippen LogP contribution in [0.15, 0.2) is 0 Å². The third kappa shape index (κ3) is 6.24. The maximum Gasteiger partial charge on any atom is 0.0434 e. The van der Waals surface area contributed by atoms with Gasteiger partial charge in [-0.05, 0) is 64.1 Å². The van der Waals surface area contributed by atoms with Crippen LogP contribution >= 0.6 is 0 Å². The highest BCUT2D eigenvalue weighted by atomic mass is 16.3. The van der Waals surface area contributed by atoms with Crippen molar-refractivity contribution >= 4 is 0 Å². The lowest BCUT2D eigenvalue weighted by atomic mass is 9.91. The summed E-state index contributed by atoms with van der Waals surface area (Å²) in [6.45, 7) is 11.9. The summed E-state index contributed by atoms with van der Waals surface area (Å²) in [5, 5.41) is 12.8. The van der Waals surface area contributed by atoms with Crippen LogP contribution in [0, 0.1) is 11.8 Å². The van der Waals surface area contributed by atoms with Gasteiger partial charge in [-0.1, -0.05) is 20.3 Å². The summed E-state index contributed by atoms with van der Waals surface area (Å²) in [7, 11) is 0. The Kier molecular flexibility index (Phi) is 8.67. The van der Waals surface area contributed by atoms with Gasteiger partial charge in [0, 0.05) is 19.2 Å². The fourth-order valence-electron chi connectivity index (χ4n) is 3.25. The first-order valence-corrected chi connectivity index (χ1v) is 8.27. The van der Waals surface area contributed by atoms with E-state index in [9.17, 15) is 0 Å². The first-order valence-electron chi connectivity index (χ1n) is 8.27. The highest BCUT2D eigenvalue weighted by Crippen LogP contribution is 2.20. The second-order valence-corrected chi connectivity index (χ2v) is 6.16. The van der Waals surface area contributed by atoms with E-state index < -0.39 is 0 Å². The Bertz CT molecular complexity index is 217. The first kappa shape index (κ1) is 16.9. The Hall–Kier alpha value is -0.120. The van der Waals surface area contributed by atoms with Gasteiger partial charge in [0.15, 0.2) is 0 Å². The molecule has 1 rings (SSSR count). The van der Waals surface area contributed by atoms with E-state index in [4.69, 9.17) is 5.11 Å². The minimum atomic E-state index is 0.327. The van der Waals surface area contributed by atoms with E-state index in [1.165, 1.54) is 45.3 Å². The third-order valence-electron chi connectivity index (χ3n) is 4.66. The monoisotopic (exact) mass is 270 g/mol. The predicted octanol–water partition coefficient (Wildman–Crippen LogP) is 2.50. The van der Waals surface area contributed by atoms with Crippen LogP contribution in [-0.4, -0.2) is 48.8 Å². The number of likely N-dealkylation sites (tertiary alicyclic amines) is 1. The van der Waals surface area contributed by atoms with E-state index in [1.54, 1.807) is 0 Å². The molecule has 0 aromatic carbocycles. The molecule has 0 amide bonds. The van der Waals surface area contributed by atoms with Crippen LogP contribution in [0.3, 0.4) is 0 Å². The van der Waals surface area contributed by atoms with Gasteiger partial charge in [0.05, 0.1) is 0 Å². The Balaban J connectivity index is 2.30. The van der Waals surface area contributed by atoms with Crippen molar-refractivity contribution in [2.75, 3.05) is 32.8 Å². The second-order valence-electron chi connectivity index (χ2n) is 6.16. The molecule has 1 saturated heterocycles. The molecule has 0 spiro atoms. The molecule has 1 aliphatic rings. The van der Waals surface area contributed by atoms with E-state index in [-0.39, 0.29) is 0 Å². The summed E-state index contributed by atoms with van der Waals surface area (Å²) in [4.78, 5) is 2.57. The molecule has 0 aliphatic carbocycles. The highest BCUT2D eigenvalue weighted by molar-refractivity contribution is 4.80. The van der Waals surface area contributed by atoms with Crippen molar-refractivity contribution in [1.29, 1.82) is 0 Å². The predicted molar refractivity (Wildman–Crippen MR) is 82.4 cm³/mol. The highest BCUT2D eigenvalue weighted by Gasteiger charge is 2.23. The zero-order chi connectivity index (χ0) is 14.1. The first-order chi connectivity index (χ1) is 9.21. The number of hydrogen-bond donors (Lipinski definition) is 2. The van der Waals surface area contributed by atoms with Crippen molar-refractivity contribution in [1.82, 2.24) is 10.2 Å². The summed E-state index contributed by atoms with van der Waals surface area (Å²) in [5.74, 6) is 1.44. The van der Waals surface area contributed by atoms with Gasteiger partial charge in [-0.15, -0.1) is 0 Å². The maximum absolute atomic E-state index is 9.11. The van der Waals surface area contributed by atoms with Crippen LogP contribution < -0.4 is 5.32 Å². The van der Waals surface area contributed by atoms with Crippen LogP contribution in [0.1, 0.15) is 52.9 Å². The molecule has 19 heavy (non-hydrogen) atoms. The molecule has 3 atom stereocenters. The van der Waals surface area contributed by atoms with E-state index in [0.29, 0.717) is 18.6 Å². The Morgan fingerprint density at radius 3 is 2.74 bits per heavy atom. The smallest absolute Gasteiger partial charge is 0.0434 e. The van der Waals surface area contributed by atoms with E-state index in [1.807, 2.05) is 0 Å². The van der Waals surface area contributed by atoms with Crippen molar-refractivity contribution in [3.8, 4) is 0 Å². The molecule has 1 aliphatic heterocycles. The van der Waals surface area contributed by atoms with Crippen molar-refractivity contribution in [2.45, 2.75) is 58.9 Å². The molecule has 0 bridgehead atoms. The second kappa shape index (κ2) is 9.73. The van der Waals surface area contributed by atoms with Crippen molar-refractivity contribution in [2.24, 2.45) is 11.8 Å². The molecule has 0 aromatic rings. The Morgan fingerprint density at radius 1 is 1.32 bits per heavy atom. The van der Waals surface area contributed by atoms with Crippen LogP contribution in [0.5, 0.6) is 0 Å². The van der Waals surface area contributed by atoms with Gasteiger partial charge in [-0.3, -0.25) is 0 Å². The molecule has 1 fully saturated rings. The van der Waals surface area contributed by atoms with E-state index in [2.05, 4.69) is 31.0 Å². The standard InChI is InChI=1S/C16H34N2O/c1-4-7-15(9-11-19)12-17-14(3)16-8-6-10-18(5-2)13-16/h14-17,19H,4-13H2,1-3H3. The molecular weight excluding hydrogens is 236 g/mol. The van der Waals surface area contributed by atoms with Crippen LogP contribution in [-0.2, 0) is 0 Å². The molecule has 1 heterocycles. The number of aliphatic hydroxyl groups excluding tert-OH is 1. The van der Waals surface area contributed by atoms with Gasteiger partial charge in [-0.25, -0.2) is 0 Å². The SMILES string of the molecule is CCCC(CCO)CNC(C)C1CCCN(CC)C1. The van der Waals surface area contributed by atoms with Gasteiger partial charge in [0.1, 0.15) is 0 Å². The van der Waals surface area contributed by atoms with Gasteiger partial charge < -0.3 is 15.3 Å². The fourth-order valence-corrected chi connectivity index (χ4v) is 3.25. The van der Waals surface area contributed by atoms with Crippen LogP contribution in [0.25, 0.3) is 0 Å². The lowest BCUT2D eigenvalue weighted by molar-refractivity contribution is 0.153. The molecule has 3 unspecified atom stereocenters. The molecular formula is C16H34N2O. The van der Waals surface area contributed by atoms with Crippen molar-refractivity contribution in [3.63, 3.8) is 0 Å². The minimum Gasteiger partial charge on any atom is -0.396 e. The van der Waals surface area contributed by atoms with Crippen molar-refractivity contribution < 1.29 is 5.11 Å². The zero-order valence-corrected chi connectivity index (χ0v) is 13.2. The Morgan fingerprint density at radius 2 is 2.11 bits per heavy atom. The lowest BCUT2D eigenvalue weighted by Crippen LogP contribution is -2.45. The summed E-state index contributed by atoms with van der Waals surface area (Å²) >= 11 is 0. The zero-order valence-electron chi connectivity index (χ0n) is 13.2. The fraction of sp³-hybridized carbons (Fsp3) is 1.00. The molecule has 3 nitrogen and oxygen atoms in total. The number of nitrogens with zero attached hydrogens (tertiary/aromatic N) is 1. The maximum atomic E-state index is 9.11. The van der Waals surface area contributed by atoms with Crippen LogP contribution in [0.2, 0.25) is 0 Å². The topological polar surface area (TPSA) is 35.5 Å². The summed E-state index contributed by atoms with van der Waals surface area (Å²) in [5.41, 5.74) is 0. The lowest BCUT2D eigenvalue weighted by Gasteiger charge is -2.36. The normalized spacial score (nSPS) is 24.3. The average molecular weight is 270 g/mol. The van der Waals surface area contributed by atoms with Crippen LogP contribution in [0.4, 0.5) is 0 Å². The quantitative estimate of drug-likeness (QED) is 0.676. The average Bonchev–Trinajstić information content (AvgIpc) is 2.45. The minimum absolute atomic E-state index is 0.327. The number of piperidine rings is 1. The van der Waals surface area contributed by atoms with E-state index in [0.717, 1.165) is 18.9 Å². The number of nitrogens with one attached hydrogen (secondary N) is 1. The summed E-state index contributed by atoms with van der Waals surface area (Å²) in [6, 6.07) is 0.604. The van der Waals surface area contributed by atoms with E-state index >= 15 is 0 Å². The molecule has 114 valence electrons. The molecule has 3 heteroatoms. The third-order valence-corrected chi connectivity index (χ3v) is 4.66. The number of rotatable bonds is 9. The molecule has 0 radical (unpaired) electrons. The number of aliphatic hydroxyl groups is 1.